The lowest BCUT2D eigenvalue weighted by Crippen LogP contribution is -2.05. The second-order valence-corrected chi connectivity index (χ2v) is 4.05. The molecule has 1 heterocycles. The first kappa shape index (κ1) is 11.5. The number of furan rings is 1. The van der Waals surface area contributed by atoms with Crippen LogP contribution >= 0.6 is 0 Å². The van der Waals surface area contributed by atoms with Gasteiger partial charge in [-0.25, -0.2) is 0 Å². The Balaban J connectivity index is 2.39. The Morgan fingerprint density at radius 3 is 2.71 bits per heavy atom. The van der Waals surface area contributed by atoms with Gasteiger partial charge in [-0.3, -0.25) is 4.79 Å². The van der Waals surface area contributed by atoms with Crippen molar-refractivity contribution in [3.63, 3.8) is 0 Å². The van der Waals surface area contributed by atoms with Crippen LogP contribution < -0.4 is 4.74 Å². The fraction of sp³-hybridized carbons (Fsp3) is 0.214. The quantitative estimate of drug-likeness (QED) is 0.754. The molecule has 17 heavy (non-hydrogen) atoms. The van der Waals surface area contributed by atoms with Crippen LogP contribution in [0, 0.1) is 0 Å². The zero-order chi connectivity index (χ0) is 12.3. The highest BCUT2D eigenvalue weighted by Crippen LogP contribution is 2.27. The molecule has 2 rings (SSSR count). The number of carbonyl (C=O) groups is 1. The number of carbonyl (C=O) groups excluding carboxylic acids is 1. The lowest BCUT2D eigenvalue weighted by molar-refractivity contribution is 0.112. The van der Waals surface area contributed by atoms with Crippen LogP contribution in [-0.2, 0) is 0 Å². The molecule has 1 aromatic carbocycles. The van der Waals surface area contributed by atoms with Gasteiger partial charge in [0.1, 0.15) is 5.75 Å². The first-order chi connectivity index (χ1) is 8.20. The van der Waals surface area contributed by atoms with E-state index in [1.807, 2.05) is 32.0 Å². The minimum absolute atomic E-state index is 0.0919. The minimum Gasteiger partial charge on any atom is -0.491 e. The van der Waals surface area contributed by atoms with Gasteiger partial charge in [-0.2, -0.15) is 0 Å². The third-order valence-electron chi connectivity index (χ3n) is 2.35. The van der Waals surface area contributed by atoms with Gasteiger partial charge in [-0.1, -0.05) is 0 Å². The lowest BCUT2D eigenvalue weighted by atomic mass is 10.0. The zero-order valence-electron chi connectivity index (χ0n) is 9.84. The maximum absolute atomic E-state index is 11.1. The van der Waals surface area contributed by atoms with E-state index in [2.05, 4.69) is 0 Å². The molecule has 0 atom stereocenters. The Morgan fingerprint density at radius 2 is 2.12 bits per heavy atom. The Kier molecular flexibility index (Phi) is 3.28. The molecule has 0 spiro atoms. The van der Waals surface area contributed by atoms with Crippen molar-refractivity contribution >= 4 is 6.29 Å². The van der Waals surface area contributed by atoms with Crippen LogP contribution in [0.25, 0.3) is 11.1 Å². The summed E-state index contributed by atoms with van der Waals surface area (Å²) >= 11 is 0. The third kappa shape index (κ3) is 2.56. The van der Waals surface area contributed by atoms with Gasteiger partial charge in [0, 0.05) is 11.1 Å². The summed E-state index contributed by atoms with van der Waals surface area (Å²) in [4.78, 5) is 11.1. The number of ether oxygens (including phenoxy) is 1. The summed E-state index contributed by atoms with van der Waals surface area (Å²) in [6, 6.07) is 7.29. The molecular formula is C14H14O3. The monoisotopic (exact) mass is 230 g/mol. The summed E-state index contributed by atoms with van der Waals surface area (Å²) in [5.41, 5.74) is 2.35. The number of hydrogen-bond acceptors (Lipinski definition) is 3. The van der Waals surface area contributed by atoms with Gasteiger partial charge < -0.3 is 9.15 Å². The molecule has 88 valence electrons. The van der Waals surface area contributed by atoms with Crippen molar-refractivity contribution in [1.82, 2.24) is 0 Å². The summed E-state index contributed by atoms with van der Waals surface area (Å²) < 4.78 is 10.6. The minimum atomic E-state index is 0.0919. The predicted molar refractivity (Wildman–Crippen MR) is 65.3 cm³/mol. The number of aldehydes is 1. The highest BCUT2D eigenvalue weighted by molar-refractivity contribution is 5.88. The molecule has 0 N–H and O–H groups in total. The largest absolute Gasteiger partial charge is 0.491 e. The Bertz CT molecular complexity index is 498. The van der Waals surface area contributed by atoms with Crippen LogP contribution in [0.3, 0.4) is 0 Å². The molecule has 1 aromatic heterocycles. The fourth-order valence-electron chi connectivity index (χ4n) is 1.66. The van der Waals surface area contributed by atoms with Gasteiger partial charge in [0.2, 0.25) is 0 Å². The van der Waals surface area contributed by atoms with Crippen molar-refractivity contribution in [1.29, 1.82) is 0 Å². The first-order valence-corrected chi connectivity index (χ1v) is 5.49. The predicted octanol–water partition coefficient (Wildman–Crippen LogP) is 3.55. The van der Waals surface area contributed by atoms with Crippen LogP contribution in [0.2, 0.25) is 0 Å². The van der Waals surface area contributed by atoms with Crippen molar-refractivity contribution in [2.75, 3.05) is 0 Å². The normalized spacial score (nSPS) is 10.5. The lowest BCUT2D eigenvalue weighted by Gasteiger charge is -2.11. The van der Waals surface area contributed by atoms with E-state index in [0.29, 0.717) is 11.3 Å². The molecule has 0 radical (unpaired) electrons. The molecule has 3 heteroatoms. The van der Waals surface area contributed by atoms with E-state index in [4.69, 9.17) is 9.15 Å². The number of benzene rings is 1. The molecule has 0 fully saturated rings. The van der Waals surface area contributed by atoms with Gasteiger partial charge in [0.05, 0.1) is 18.6 Å². The van der Waals surface area contributed by atoms with E-state index in [-0.39, 0.29) is 6.10 Å². The molecule has 0 bridgehead atoms. The first-order valence-electron chi connectivity index (χ1n) is 5.49. The summed E-state index contributed by atoms with van der Waals surface area (Å²) in [6.07, 6.45) is 4.12. The molecule has 0 unspecified atom stereocenters. The van der Waals surface area contributed by atoms with E-state index in [9.17, 15) is 4.79 Å². The van der Waals surface area contributed by atoms with Gasteiger partial charge in [-0.15, -0.1) is 0 Å². The molecule has 2 aromatic rings. The Hall–Kier alpha value is -2.03. The SMILES string of the molecule is CC(C)Oc1ccc(-c2ccoc2)c(C=O)c1. The summed E-state index contributed by atoms with van der Waals surface area (Å²) in [5.74, 6) is 0.703. The Morgan fingerprint density at radius 1 is 1.29 bits per heavy atom. The van der Waals surface area contributed by atoms with E-state index in [1.165, 1.54) is 0 Å². The smallest absolute Gasteiger partial charge is 0.150 e. The molecule has 0 aliphatic heterocycles. The molecule has 3 nitrogen and oxygen atoms in total. The van der Waals surface area contributed by atoms with E-state index in [1.54, 1.807) is 18.6 Å². The van der Waals surface area contributed by atoms with Crippen LogP contribution in [0.5, 0.6) is 5.75 Å². The number of hydrogen-bond donors (Lipinski definition) is 0. The van der Waals surface area contributed by atoms with Crippen molar-refractivity contribution in [2.24, 2.45) is 0 Å². The number of rotatable bonds is 4. The second-order valence-electron chi connectivity index (χ2n) is 4.05. The molecule has 0 saturated carbocycles. The maximum atomic E-state index is 11.1. The molecular weight excluding hydrogens is 216 g/mol. The van der Waals surface area contributed by atoms with Gasteiger partial charge in [-0.05, 0) is 43.7 Å². The van der Waals surface area contributed by atoms with Crippen molar-refractivity contribution in [3.8, 4) is 16.9 Å². The average molecular weight is 230 g/mol. The van der Waals surface area contributed by atoms with E-state index < -0.39 is 0 Å². The zero-order valence-corrected chi connectivity index (χ0v) is 9.84. The third-order valence-corrected chi connectivity index (χ3v) is 2.35. The van der Waals surface area contributed by atoms with E-state index >= 15 is 0 Å². The van der Waals surface area contributed by atoms with E-state index in [0.717, 1.165) is 17.4 Å². The average Bonchev–Trinajstić information content (AvgIpc) is 2.81. The molecule has 0 amide bonds. The van der Waals surface area contributed by atoms with Crippen LogP contribution in [-0.4, -0.2) is 12.4 Å². The van der Waals surface area contributed by atoms with Crippen molar-refractivity contribution in [3.05, 3.63) is 42.4 Å². The molecule has 0 saturated heterocycles. The highest BCUT2D eigenvalue weighted by Gasteiger charge is 2.08. The van der Waals surface area contributed by atoms with Crippen molar-refractivity contribution in [2.45, 2.75) is 20.0 Å². The second kappa shape index (κ2) is 4.87. The van der Waals surface area contributed by atoms with Gasteiger partial charge in [0.15, 0.2) is 6.29 Å². The highest BCUT2D eigenvalue weighted by atomic mass is 16.5. The summed E-state index contributed by atoms with van der Waals surface area (Å²) in [6.45, 7) is 3.90. The fourth-order valence-corrected chi connectivity index (χ4v) is 1.66. The van der Waals surface area contributed by atoms with Gasteiger partial charge >= 0.3 is 0 Å². The summed E-state index contributed by atoms with van der Waals surface area (Å²) in [7, 11) is 0. The summed E-state index contributed by atoms with van der Waals surface area (Å²) in [5, 5.41) is 0. The molecule has 0 aliphatic carbocycles. The van der Waals surface area contributed by atoms with Gasteiger partial charge in [0.25, 0.3) is 0 Å². The standard InChI is InChI=1S/C14H14O3/c1-10(2)17-13-3-4-14(12(7-13)8-15)11-5-6-16-9-11/h3-10H,1-2H3. The molecule has 0 aliphatic rings. The van der Waals surface area contributed by atoms with Crippen LogP contribution in [0.4, 0.5) is 0 Å². The van der Waals surface area contributed by atoms with Crippen LogP contribution in [0.15, 0.2) is 41.2 Å². The van der Waals surface area contributed by atoms with Crippen molar-refractivity contribution < 1.29 is 13.9 Å². The van der Waals surface area contributed by atoms with Crippen LogP contribution in [0.1, 0.15) is 24.2 Å². The maximum Gasteiger partial charge on any atom is 0.150 e. The Labute approximate surface area is 100 Å². The topological polar surface area (TPSA) is 39.4 Å².